The van der Waals surface area contributed by atoms with Gasteiger partial charge in [0.15, 0.2) is 0 Å². The molecule has 0 saturated carbocycles. The van der Waals surface area contributed by atoms with Gasteiger partial charge < -0.3 is 14.5 Å². The summed E-state index contributed by atoms with van der Waals surface area (Å²) in [5.41, 5.74) is 0.562. The largest absolute Gasteiger partial charge is 0.378 e. The molecule has 2 aliphatic heterocycles. The minimum atomic E-state index is -0.361. The average Bonchev–Trinajstić information content (AvgIpc) is 3.11. The summed E-state index contributed by atoms with van der Waals surface area (Å²) in [6, 6.07) is 1.49. The molecule has 0 aliphatic carbocycles. The van der Waals surface area contributed by atoms with E-state index in [1.807, 2.05) is 18.7 Å². The molecule has 1 unspecified atom stereocenters. The highest BCUT2D eigenvalue weighted by Gasteiger charge is 2.36. The molecule has 132 valence electrons. The lowest BCUT2D eigenvalue weighted by Gasteiger charge is -2.38. The van der Waals surface area contributed by atoms with E-state index in [1.165, 1.54) is 0 Å². The van der Waals surface area contributed by atoms with Crippen LogP contribution in [0.25, 0.3) is 0 Å². The van der Waals surface area contributed by atoms with Crippen LogP contribution in [-0.4, -0.2) is 70.3 Å². The van der Waals surface area contributed by atoms with Gasteiger partial charge in [0.1, 0.15) is 11.7 Å². The molecule has 3 rings (SSSR count). The topological polar surface area (TPSA) is 67.7 Å². The normalized spacial score (nSPS) is 22.0. The van der Waals surface area contributed by atoms with E-state index in [2.05, 4.69) is 5.10 Å². The van der Waals surface area contributed by atoms with Crippen LogP contribution in [-0.2, 0) is 9.53 Å². The Labute approximate surface area is 142 Å². The highest BCUT2D eigenvalue weighted by Crippen LogP contribution is 2.22. The summed E-state index contributed by atoms with van der Waals surface area (Å²) in [5, 5.41) is 4.25. The highest BCUT2D eigenvalue weighted by atomic mass is 16.5. The van der Waals surface area contributed by atoms with Crippen LogP contribution < -0.4 is 0 Å². The van der Waals surface area contributed by atoms with Crippen molar-refractivity contribution in [1.82, 2.24) is 19.6 Å². The summed E-state index contributed by atoms with van der Waals surface area (Å²) < 4.78 is 7.06. The third kappa shape index (κ3) is 3.31. The molecule has 7 nitrogen and oxygen atoms in total. The number of carbonyl (C=O) groups excluding carboxylic acids is 2. The maximum atomic E-state index is 13.1. The monoisotopic (exact) mass is 334 g/mol. The molecule has 2 fully saturated rings. The number of hydrogen-bond donors (Lipinski definition) is 0. The molecule has 2 amide bonds. The van der Waals surface area contributed by atoms with Gasteiger partial charge in [-0.3, -0.25) is 14.3 Å². The fourth-order valence-electron chi connectivity index (χ4n) is 3.47. The van der Waals surface area contributed by atoms with Crippen LogP contribution in [0.4, 0.5) is 0 Å². The van der Waals surface area contributed by atoms with Crippen molar-refractivity contribution in [1.29, 1.82) is 0 Å². The minimum Gasteiger partial charge on any atom is -0.378 e. The smallest absolute Gasteiger partial charge is 0.272 e. The van der Waals surface area contributed by atoms with Gasteiger partial charge in [-0.1, -0.05) is 0 Å². The van der Waals surface area contributed by atoms with E-state index >= 15 is 0 Å². The number of amides is 2. The first-order valence-corrected chi connectivity index (χ1v) is 8.80. The van der Waals surface area contributed by atoms with Gasteiger partial charge in [-0.15, -0.1) is 0 Å². The molecule has 1 aromatic heterocycles. The fourth-order valence-corrected chi connectivity index (χ4v) is 3.47. The number of aromatic nitrogens is 2. The van der Waals surface area contributed by atoms with Crippen LogP contribution in [0.1, 0.15) is 49.6 Å². The van der Waals surface area contributed by atoms with Gasteiger partial charge in [0, 0.05) is 31.9 Å². The van der Waals surface area contributed by atoms with Crippen molar-refractivity contribution in [3.05, 3.63) is 18.0 Å². The van der Waals surface area contributed by atoms with Crippen molar-refractivity contribution < 1.29 is 14.3 Å². The lowest BCUT2D eigenvalue weighted by atomic mass is 10.00. The zero-order valence-corrected chi connectivity index (χ0v) is 14.5. The van der Waals surface area contributed by atoms with Crippen molar-refractivity contribution >= 4 is 11.8 Å². The van der Waals surface area contributed by atoms with E-state index in [-0.39, 0.29) is 23.9 Å². The molecule has 0 bridgehead atoms. The first kappa shape index (κ1) is 17.0. The van der Waals surface area contributed by atoms with E-state index in [9.17, 15) is 9.59 Å². The Balaban J connectivity index is 1.79. The van der Waals surface area contributed by atoms with Crippen molar-refractivity contribution in [3.63, 3.8) is 0 Å². The van der Waals surface area contributed by atoms with Crippen molar-refractivity contribution in [2.75, 3.05) is 32.8 Å². The molecule has 1 atom stereocenters. The molecule has 1 aromatic rings. The standard InChI is InChI=1S/C17H26N4O3/c1-13(2)21-15(6-7-18-21)17(23)20-8-4-3-5-14(20)16(22)19-9-11-24-12-10-19/h6-7,13-14H,3-5,8-12H2,1-2H3. The number of nitrogens with zero attached hydrogens (tertiary/aromatic N) is 4. The van der Waals surface area contributed by atoms with Gasteiger partial charge in [0.2, 0.25) is 5.91 Å². The van der Waals surface area contributed by atoms with Crippen LogP contribution in [0.3, 0.4) is 0 Å². The Morgan fingerprint density at radius 3 is 2.67 bits per heavy atom. The molecule has 2 saturated heterocycles. The van der Waals surface area contributed by atoms with Crippen LogP contribution in [0.2, 0.25) is 0 Å². The van der Waals surface area contributed by atoms with Crippen molar-refractivity contribution in [2.45, 2.75) is 45.2 Å². The predicted molar refractivity (Wildman–Crippen MR) is 88.7 cm³/mol. The zero-order valence-electron chi connectivity index (χ0n) is 14.5. The second kappa shape index (κ2) is 7.34. The maximum absolute atomic E-state index is 13.1. The zero-order chi connectivity index (χ0) is 17.1. The summed E-state index contributed by atoms with van der Waals surface area (Å²) in [7, 11) is 0. The number of carbonyl (C=O) groups is 2. The number of rotatable bonds is 3. The molecule has 0 radical (unpaired) electrons. The summed E-state index contributed by atoms with van der Waals surface area (Å²) in [4.78, 5) is 29.5. The second-order valence-corrected chi connectivity index (χ2v) is 6.70. The lowest BCUT2D eigenvalue weighted by Crippen LogP contribution is -2.55. The summed E-state index contributed by atoms with van der Waals surface area (Å²) in [6.07, 6.45) is 4.30. The van der Waals surface area contributed by atoms with Crippen LogP contribution >= 0.6 is 0 Å². The molecule has 3 heterocycles. The van der Waals surface area contributed by atoms with Gasteiger partial charge in [-0.2, -0.15) is 5.10 Å². The Morgan fingerprint density at radius 1 is 1.21 bits per heavy atom. The summed E-state index contributed by atoms with van der Waals surface area (Å²) in [6.45, 7) is 7.00. The van der Waals surface area contributed by atoms with Gasteiger partial charge in [-0.25, -0.2) is 0 Å². The maximum Gasteiger partial charge on any atom is 0.272 e. The molecule has 24 heavy (non-hydrogen) atoms. The number of hydrogen-bond acceptors (Lipinski definition) is 4. The third-order valence-electron chi connectivity index (χ3n) is 4.75. The molecule has 2 aliphatic rings. The number of likely N-dealkylation sites (tertiary alicyclic amines) is 1. The Kier molecular flexibility index (Phi) is 5.18. The Morgan fingerprint density at radius 2 is 1.96 bits per heavy atom. The van der Waals surface area contributed by atoms with Crippen LogP contribution in [0.15, 0.2) is 12.3 Å². The lowest BCUT2D eigenvalue weighted by molar-refractivity contribution is -0.141. The minimum absolute atomic E-state index is 0.0574. The van der Waals surface area contributed by atoms with Gasteiger partial charge in [-0.05, 0) is 39.2 Å². The van der Waals surface area contributed by atoms with E-state index in [0.717, 1.165) is 19.3 Å². The van der Waals surface area contributed by atoms with E-state index in [4.69, 9.17) is 4.74 Å². The van der Waals surface area contributed by atoms with Gasteiger partial charge >= 0.3 is 0 Å². The van der Waals surface area contributed by atoms with Gasteiger partial charge in [0.05, 0.1) is 13.2 Å². The van der Waals surface area contributed by atoms with Gasteiger partial charge in [0.25, 0.3) is 5.91 Å². The SMILES string of the molecule is CC(C)n1nccc1C(=O)N1CCCCC1C(=O)N1CCOCC1. The summed E-state index contributed by atoms with van der Waals surface area (Å²) in [5.74, 6) is -0.0329. The average molecular weight is 334 g/mol. The van der Waals surface area contributed by atoms with Crippen molar-refractivity contribution in [2.24, 2.45) is 0 Å². The molecule has 0 N–H and O–H groups in total. The second-order valence-electron chi connectivity index (χ2n) is 6.70. The number of piperidine rings is 1. The van der Waals surface area contributed by atoms with Crippen LogP contribution in [0.5, 0.6) is 0 Å². The van der Waals surface area contributed by atoms with E-state index in [0.29, 0.717) is 38.5 Å². The third-order valence-corrected chi connectivity index (χ3v) is 4.75. The fraction of sp³-hybridized carbons (Fsp3) is 0.706. The molecule has 7 heteroatoms. The van der Waals surface area contributed by atoms with Crippen molar-refractivity contribution in [3.8, 4) is 0 Å². The first-order valence-electron chi connectivity index (χ1n) is 8.80. The van der Waals surface area contributed by atoms with E-state index in [1.54, 1.807) is 21.8 Å². The molecular formula is C17H26N4O3. The quantitative estimate of drug-likeness (QED) is 0.836. The first-order chi connectivity index (χ1) is 11.6. The predicted octanol–water partition coefficient (Wildman–Crippen LogP) is 1.32. The van der Waals surface area contributed by atoms with Crippen LogP contribution in [0, 0.1) is 0 Å². The molecule has 0 aromatic carbocycles. The number of morpholine rings is 1. The molecular weight excluding hydrogens is 308 g/mol. The molecule has 0 spiro atoms. The number of ether oxygens (including phenoxy) is 1. The van der Waals surface area contributed by atoms with E-state index < -0.39 is 0 Å². The Hall–Kier alpha value is -1.89. The Bertz CT molecular complexity index is 592. The summed E-state index contributed by atoms with van der Waals surface area (Å²) >= 11 is 0. The highest BCUT2D eigenvalue weighted by molar-refractivity contribution is 5.96.